The fraction of sp³-hybridized carbons (Fsp3) is 0.300. The first-order valence-corrected chi connectivity index (χ1v) is 5.96. The van der Waals surface area contributed by atoms with Crippen LogP contribution >= 0.6 is 11.3 Å². The van der Waals surface area contributed by atoms with Gasteiger partial charge in [-0.25, -0.2) is 20.8 Å². The molecule has 0 aliphatic carbocycles. The summed E-state index contributed by atoms with van der Waals surface area (Å²) < 4.78 is 0. The number of nitrogen functional groups attached to an aromatic ring is 1. The molecule has 2 aromatic rings. The van der Waals surface area contributed by atoms with Gasteiger partial charge in [-0.2, -0.15) is 0 Å². The monoisotopic (exact) mass is 250 g/mol. The van der Waals surface area contributed by atoms with Gasteiger partial charge in [0, 0.05) is 17.1 Å². The van der Waals surface area contributed by atoms with Crippen LogP contribution in [0.25, 0.3) is 0 Å². The van der Waals surface area contributed by atoms with Gasteiger partial charge in [0.05, 0.1) is 6.54 Å². The third-order valence-corrected chi connectivity index (χ3v) is 2.99. The first-order chi connectivity index (χ1) is 8.17. The lowest BCUT2D eigenvalue weighted by molar-refractivity contribution is 1.01. The van der Waals surface area contributed by atoms with Gasteiger partial charge in [0.1, 0.15) is 22.5 Å². The van der Waals surface area contributed by atoms with Crippen molar-refractivity contribution >= 4 is 23.0 Å². The average Bonchev–Trinajstić information content (AvgIpc) is 2.72. The van der Waals surface area contributed by atoms with E-state index in [0.29, 0.717) is 18.2 Å². The highest BCUT2D eigenvalue weighted by Crippen LogP contribution is 2.14. The fourth-order valence-corrected chi connectivity index (χ4v) is 2.11. The van der Waals surface area contributed by atoms with E-state index in [-0.39, 0.29) is 0 Å². The Hall–Kier alpha value is -1.73. The fourth-order valence-electron chi connectivity index (χ4n) is 1.38. The minimum atomic E-state index is 0.593. The zero-order chi connectivity index (χ0) is 12.3. The van der Waals surface area contributed by atoms with Gasteiger partial charge >= 0.3 is 0 Å². The highest BCUT2D eigenvalue weighted by molar-refractivity contribution is 7.11. The molecule has 0 saturated heterocycles. The summed E-state index contributed by atoms with van der Waals surface area (Å²) >= 11 is 1.66. The van der Waals surface area contributed by atoms with Crippen molar-refractivity contribution in [3.05, 3.63) is 28.0 Å². The van der Waals surface area contributed by atoms with Crippen molar-refractivity contribution in [1.29, 1.82) is 0 Å². The molecule has 4 N–H and O–H groups in total. The lowest BCUT2D eigenvalue weighted by Gasteiger charge is -2.06. The Morgan fingerprint density at radius 2 is 2.06 bits per heavy atom. The molecule has 0 fully saturated rings. The standard InChI is InChI=1S/C10H14N6S/c1-6-4-13-10(17-6)5-12-8-3-9(16-11)15-7(2)14-8/h3-4H,5,11H2,1-2H3,(H2,12,14,15,16). The summed E-state index contributed by atoms with van der Waals surface area (Å²) in [6.45, 7) is 4.50. The van der Waals surface area contributed by atoms with Crippen molar-refractivity contribution in [2.45, 2.75) is 20.4 Å². The largest absolute Gasteiger partial charge is 0.363 e. The van der Waals surface area contributed by atoms with E-state index in [1.165, 1.54) is 4.88 Å². The van der Waals surface area contributed by atoms with E-state index in [0.717, 1.165) is 10.8 Å². The van der Waals surface area contributed by atoms with Crippen molar-refractivity contribution in [1.82, 2.24) is 15.0 Å². The number of anilines is 2. The number of aryl methyl sites for hydroxylation is 2. The molecule has 0 amide bonds. The Balaban J connectivity index is 2.05. The lowest BCUT2D eigenvalue weighted by atomic mass is 10.5. The second kappa shape index (κ2) is 5.07. The van der Waals surface area contributed by atoms with Gasteiger partial charge in [0.2, 0.25) is 0 Å². The molecule has 0 atom stereocenters. The Morgan fingerprint density at radius 3 is 2.71 bits per heavy atom. The molecule has 0 aliphatic rings. The SMILES string of the molecule is Cc1nc(NN)cc(NCc2ncc(C)s2)n1. The second-order valence-electron chi connectivity index (χ2n) is 3.55. The number of thiazole rings is 1. The van der Waals surface area contributed by atoms with Gasteiger partial charge in [-0.15, -0.1) is 11.3 Å². The van der Waals surface area contributed by atoms with Crippen LogP contribution in [0.4, 0.5) is 11.6 Å². The summed E-state index contributed by atoms with van der Waals surface area (Å²) in [5.41, 5.74) is 2.51. The van der Waals surface area contributed by atoms with Crippen molar-refractivity contribution in [2.24, 2.45) is 5.84 Å². The van der Waals surface area contributed by atoms with Crippen molar-refractivity contribution in [3.8, 4) is 0 Å². The molecular formula is C10H14N6S. The summed E-state index contributed by atoms with van der Waals surface area (Å²) in [7, 11) is 0. The topological polar surface area (TPSA) is 88.8 Å². The number of hydrazine groups is 1. The van der Waals surface area contributed by atoms with Crippen LogP contribution in [0.15, 0.2) is 12.3 Å². The number of hydrogen-bond donors (Lipinski definition) is 3. The molecule has 0 aromatic carbocycles. The summed E-state index contributed by atoms with van der Waals surface area (Å²) in [5, 5.41) is 4.22. The van der Waals surface area contributed by atoms with Crippen molar-refractivity contribution in [2.75, 3.05) is 10.7 Å². The molecule has 2 aromatic heterocycles. The van der Waals surface area contributed by atoms with Crippen LogP contribution in [0.2, 0.25) is 0 Å². The lowest BCUT2D eigenvalue weighted by Crippen LogP contribution is -2.11. The number of rotatable bonds is 4. The van der Waals surface area contributed by atoms with E-state index in [1.54, 1.807) is 17.4 Å². The third-order valence-electron chi connectivity index (χ3n) is 2.08. The van der Waals surface area contributed by atoms with Gasteiger partial charge in [-0.05, 0) is 13.8 Å². The van der Waals surface area contributed by atoms with Crippen LogP contribution in [0.3, 0.4) is 0 Å². The van der Waals surface area contributed by atoms with Gasteiger partial charge < -0.3 is 10.7 Å². The summed E-state index contributed by atoms with van der Waals surface area (Å²) in [6.07, 6.45) is 1.86. The molecule has 0 saturated carbocycles. The van der Waals surface area contributed by atoms with Gasteiger partial charge in [0.15, 0.2) is 0 Å². The number of aromatic nitrogens is 3. The third kappa shape index (κ3) is 3.11. The summed E-state index contributed by atoms with van der Waals surface area (Å²) in [4.78, 5) is 13.8. The van der Waals surface area contributed by atoms with E-state index in [2.05, 4.69) is 25.7 Å². The minimum absolute atomic E-state index is 0.593. The van der Waals surface area contributed by atoms with E-state index < -0.39 is 0 Å². The molecule has 0 radical (unpaired) electrons. The molecule has 0 bridgehead atoms. The number of nitrogens with zero attached hydrogens (tertiary/aromatic N) is 3. The molecule has 90 valence electrons. The van der Waals surface area contributed by atoms with Crippen molar-refractivity contribution in [3.63, 3.8) is 0 Å². The average molecular weight is 250 g/mol. The molecule has 2 heterocycles. The molecule has 17 heavy (non-hydrogen) atoms. The van der Waals surface area contributed by atoms with Crippen LogP contribution in [0.1, 0.15) is 15.7 Å². The highest BCUT2D eigenvalue weighted by Gasteiger charge is 2.02. The Labute approximate surface area is 103 Å². The maximum absolute atomic E-state index is 5.32. The zero-order valence-corrected chi connectivity index (χ0v) is 10.5. The summed E-state index contributed by atoms with van der Waals surface area (Å²) in [6, 6.07) is 1.76. The van der Waals surface area contributed by atoms with Crippen LogP contribution < -0.4 is 16.6 Å². The molecule has 0 unspecified atom stereocenters. The molecule has 0 spiro atoms. The van der Waals surface area contributed by atoms with Crippen molar-refractivity contribution < 1.29 is 0 Å². The van der Waals surface area contributed by atoms with Crippen LogP contribution in [0, 0.1) is 13.8 Å². The van der Waals surface area contributed by atoms with Crippen LogP contribution in [0.5, 0.6) is 0 Å². The van der Waals surface area contributed by atoms with E-state index in [1.807, 2.05) is 20.0 Å². The van der Waals surface area contributed by atoms with Gasteiger partial charge in [-0.1, -0.05) is 0 Å². The maximum atomic E-state index is 5.32. The van der Waals surface area contributed by atoms with Crippen LogP contribution in [-0.2, 0) is 6.54 Å². The Morgan fingerprint density at radius 1 is 1.29 bits per heavy atom. The zero-order valence-electron chi connectivity index (χ0n) is 9.69. The second-order valence-corrected chi connectivity index (χ2v) is 4.87. The molecule has 7 heteroatoms. The molecule has 2 rings (SSSR count). The van der Waals surface area contributed by atoms with Crippen LogP contribution in [-0.4, -0.2) is 15.0 Å². The normalized spacial score (nSPS) is 10.3. The smallest absolute Gasteiger partial charge is 0.145 e. The predicted molar refractivity (Wildman–Crippen MR) is 68.8 cm³/mol. The molecule has 6 nitrogen and oxygen atoms in total. The highest BCUT2D eigenvalue weighted by atomic mass is 32.1. The molecular weight excluding hydrogens is 236 g/mol. The van der Waals surface area contributed by atoms with E-state index >= 15 is 0 Å². The predicted octanol–water partition coefficient (Wildman–Crippen LogP) is 1.45. The van der Waals surface area contributed by atoms with E-state index in [9.17, 15) is 0 Å². The van der Waals surface area contributed by atoms with E-state index in [4.69, 9.17) is 5.84 Å². The van der Waals surface area contributed by atoms with Gasteiger partial charge in [0.25, 0.3) is 0 Å². The summed E-state index contributed by atoms with van der Waals surface area (Å²) in [5.74, 6) is 7.31. The quantitative estimate of drug-likeness (QED) is 0.562. The Kier molecular flexibility index (Phi) is 3.50. The van der Waals surface area contributed by atoms with Gasteiger partial charge in [-0.3, -0.25) is 0 Å². The maximum Gasteiger partial charge on any atom is 0.145 e. The number of nitrogens with one attached hydrogen (secondary N) is 2. The minimum Gasteiger partial charge on any atom is -0.363 e. The molecule has 0 aliphatic heterocycles. The number of nitrogens with two attached hydrogens (primary N) is 1. The number of hydrogen-bond acceptors (Lipinski definition) is 7. The Bertz CT molecular complexity index is 509. The first kappa shape index (κ1) is 11.7. The first-order valence-electron chi connectivity index (χ1n) is 5.15.